The van der Waals surface area contributed by atoms with E-state index in [4.69, 9.17) is 9.84 Å². The van der Waals surface area contributed by atoms with Gasteiger partial charge in [-0.1, -0.05) is 24.3 Å². The van der Waals surface area contributed by atoms with E-state index in [2.05, 4.69) is 4.90 Å². The van der Waals surface area contributed by atoms with E-state index in [1.54, 1.807) is 7.11 Å². The Balaban J connectivity index is 2.47. The van der Waals surface area contributed by atoms with Crippen LogP contribution in [-0.4, -0.2) is 55.1 Å². The second-order valence-electron chi connectivity index (χ2n) is 4.72. The summed E-state index contributed by atoms with van der Waals surface area (Å²) in [7, 11) is 1.67. The van der Waals surface area contributed by atoms with E-state index in [1.807, 2.05) is 31.2 Å². The van der Waals surface area contributed by atoms with E-state index in [0.717, 1.165) is 24.2 Å². The van der Waals surface area contributed by atoms with Gasteiger partial charge in [-0.25, -0.2) is 0 Å². The van der Waals surface area contributed by atoms with Gasteiger partial charge in [-0.15, -0.1) is 0 Å². The van der Waals surface area contributed by atoms with Gasteiger partial charge in [-0.3, -0.25) is 4.90 Å². The molecule has 0 aromatic heterocycles. The van der Waals surface area contributed by atoms with Crippen LogP contribution in [0.3, 0.4) is 0 Å². The summed E-state index contributed by atoms with van der Waals surface area (Å²) in [5.41, 5.74) is 2.10. The van der Waals surface area contributed by atoms with E-state index in [-0.39, 0.29) is 6.61 Å². The van der Waals surface area contributed by atoms with Crippen LogP contribution in [0.4, 0.5) is 0 Å². The molecule has 4 nitrogen and oxygen atoms in total. The van der Waals surface area contributed by atoms with Gasteiger partial charge in [-0.05, 0) is 24.5 Å². The zero-order valence-corrected chi connectivity index (χ0v) is 11.9. The van der Waals surface area contributed by atoms with Gasteiger partial charge in [0.1, 0.15) is 0 Å². The summed E-state index contributed by atoms with van der Waals surface area (Å²) >= 11 is 0. The van der Waals surface area contributed by atoms with Crippen molar-refractivity contribution in [2.45, 2.75) is 19.4 Å². The minimum Gasteiger partial charge on any atom is -0.395 e. The maximum Gasteiger partial charge on any atom is 0.0804 e. The van der Waals surface area contributed by atoms with Crippen molar-refractivity contribution in [2.75, 3.05) is 40.0 Å². The minimum absolute atomic E-state index is 0.129. The third-order valence-electron chi connectivity index (χ3n) is 3.29. The number of ether oxygens (including phenoxy) is 1. The molecule has 0 spiro atoms. The number of hydrogen-bond donors (Lipinski definition) is 2. The number of methoxy groups -OCH3 is 1. The summed E-state index contributed by atoms with van der Waals surface area (Å²) in [6.07, 6.45) is 0.208. The lowest BCUT2D eigenvalue weighted by Crippen LogP contribution is -2.32. The molecule has 0 fully saturated rings. The van der Waals surface area contributed by atoms with Crippen molar-refractivity contribution in [1.29, 1.82) is 0 Å². The summed E-state index contributed by atoms with van der Waals surface area (Å²) in [4.78, 5) is 2.10. The van der Waals surface area contributed by atoms with Gasteiger partial charge < -0.3 is 14.9 Å². The lowest BCUT2D eigenvalue weighted by atomic mass is 10.0. The molecule has 0 amide bonds. The molecule has 0 saturated carbocycles. The monoisotopic (exact) mass is 267 g/mol. The normalized spacial score (nSPS) is 12.9. The Morgan fingerprint density at radius 2 is 1.95 bits per heavy atom. The number of benzene rings is 1. The highest BCUT2D eigenvalue weighted by molar-refractivity contribution is 5.27. The lowest BCUT2D eigenvalue weighted by Gasteiger charge is -2.23. The highest BCUT2D eigenvalue weighted by Gasteiger charge is 2.12. The topological polar surface area (TPSA) is 52.9 Å². The Morgan fingerprint density at radius 1 is 1.21 bits per heavy atom. The molecule has 0 aliphatic heterocycles. The molecule has 0 aliphatic rings. The van der Waals surface area contributed by atoms with Crippen LogP contribution in [0, 0.1) is 6.92 Å². The summed E-state index contributed by atoms with van der Waals surface area (Å²) in [5, 5.41) is 19.2. The number of rotatable bonds is 9. The maximum absolute atomic E-state index is 10.2. The maximum atomic E-state index is 10.2. The van der Waals surface area contributed by atoms with Gasteiger partial charge in [0.05, 0.1) is 19.3 Å². The third kappa shape index (κ3) is 5.70. The Kier molecular flexibility index (Phi) is 7.67. The van der Waals surface area contributed by atoms with Crippen LogP contribution in [0.25, 0.3) is 0 Å². The van der Waals surface area contributed by atoms with E-state index >= 15 is 0 Å². The molecule has 0 bridgehead atoms. The second-order valence-corrected chi connectivity index (χ2v) is 4.72. The van der Waals surface area contributed by atoms with Crippen LogP contribution in [0.15, 0.2) is 24.3 Å². The van der Waals surface area contributed by atoms with Crippen molar-refractivity contribution in [2.24, 2.45) is 0 Å². The van der Waals surface area contributed by atoms with Crippen molar-refractivity contribution in [1.82, 2.24) is 4.90 Å². The number of nitrogens with zero attached hydrogens (tertiary/aromatic N) is 1. The number of aryl methyl sites for hydroxylation is 1. The lowest BCUT2D eigenvalue weighted by molar-refractivity contribution is 0.105. The van der Waals surface area contributed by atoms with Crippen LogP contribution in [0.5, 0.6) is 0 Å². The fourth-order valence-corrected chi connectivity index (χ4v) is 2.12. The Hall–Kier alpha value is -0.940. The van der Waals surface area contributed by atoms with Crippen LogP contribution in [0.1, 0.15) is 23.7 Å². The molecule has 4 heteroatoms. The van der Waals surface area contributed by atoms with Gasteiger partial charge in [0, 0.05) is 26.7 Å². The van der Waals surface area contributed by atoms with Crippen molar-refractivity contribution >= 4 is 0 Å². The van der Waals surface area contributed by atoms with E-state index in [0.29, 0.717) is 19.6 Å². The molecule has 0 radical (unpaired) electrons. The SMILES string of the molecule is COCCN(CCO)CCC(O)c1ccccc1C. The molecular formula is C15H25NO3. The van der Waals surface area contributed by atoms with Crippen molar-refractivity contribution in [3.05, 3.63) is 35.4 Å². The summed E-state index contributed by atoms with van der Waals surface area (Å²) in [5.74, 6) is 0. The molecule has 1 unspecified atom stereocenters. The van der Waals surface area contributed by atoms with Crippen molar-refractivity contribution < 1.29 is 14.9 Å². The first-order chi connectivity index (χ1) is 9.19. The zero-order chi connectivity index (χ0) is 14.1. The highest BCUT2D eigenvalue weighted by Crippen LogP contribution is 2.20. The van der Waals surface area contributed by atoms with Crippen molar-refractivity contribution in [3.8, 4) is 0 Å². The van der Waals surface area contributed by atoms with E-state index in [9.17, 15) is 5.11 Å². The first kappa shape index (κ1) is 16.1. The van der Waals surface area contributed by atoms with Gasteiger partial charge in [0.2, 0.25) is 0 Å². The molecule has 1 aromatic carbocycles. The van der Waals surface area contributed by atoms with Crippen LogP contribution < -0.4 is 0 Å². The summed E-state index contributed by atoms with van der Waals surface area (Å²) < 4.78 is 5.04. The van der Waals surface area contributed by atoms with Gasteiger partial charge in [-0.2, -0.15) is 0 Å². The molecule has 1 atom stereocenters. The number of hydrogen-bond acceptors (Lipinski definition) is 4. The first-order valence-electron chi connectivity index (χ1n) is 6.74. The molecule has 0 heterocycles. The van der Waals surface area contributed by atoms with Crippen LogP contribution >= 0.6 is 0 Å². The van der Waals surface area contributed by atoms with Crippen LogP contribution in [-0.2, 0) is 4.74 Å². The molecule has 0 saturated heterocycles. The fourth-order valence-electron chi connectivity index (χ4n) is 2.12. The molecule has 19 heavy (non-hydrogen) atoms. The minimum atomic E-state index is -0.454. The fraction of sp³-hybridized carbons (Fsp3) is 0.600. The van der Waals surface area contributed by atoms with Crippen LogP contribution in [0.2, 0.25) is 0 Å². The largest absolute Gasteiger partial charge is 0.395 e. The molecule has 0 aliphatic carbocycles. The predicted molar refractivity (Wildman–Crippen MR) is 76.2 cm³/mol. The molecule has 2 N–H and O–H groups in total. The average molecular weight is 267 g/mol. The molecule has 108 valence electrons. The number of aliphatic hydroxyl groups excluding tert-OH is 2. The van der Waals surface area contributed by atoms with Crippen molar-refractivity contribution in [3.63, 3.8) is 0 Å². The highest BCUT2D eigenvalue weighted by atomic mass is 16.5. The Morgan fingerprint density at radius 3 is 2.58 bits per heavy atom. The first-order valence-corrected chi connectivity index (χ1v) is 6.74. The zero-order valence-electron chi connectivity index (χ0n) is 11.9. The summed E-state index contributed by atoms with van der Waals surface area (Å²) in [6, 6.07) is 7.89. The third-order valence-corrected chi connectivity index (χ3v) is 3.29. The Bertz CT molecular complexity index is 357. The predicted octanol–water partition coefficient (Wildman–Crippen LogP) is 1.36. The molecule has 1 rings (SSSR count). The average Bonchev–Trinajstić information content (AvgIpc) is 2.42. The van der Waals surface area contributed by atoms with Gasteiger partial charge in [0.15, 0.2) is 0 Å². The quantitative estimate of drug-likeness (QED) is 0.709. The Labute approximate surface area is 115 Å². The summed E-state index contributed by atoms with van der Waals surface area (Å²) in [6.45, 7) is 4.92. The van der Waals surface area contributed by atoms with Gasteiger partial charge >= 0.3 is 0 Å². The number of aliphatic hydroxyl groups is 2. The standard InChI is InChI=1S/C15H25NO3/c1-13-5-3-4-6-14(13)15(18)7-8-16(9-11-17)10-12-19-2/h3-6,15,17-18H,7-12H2,1-2H3. The van der Waals surface area contributed by atoms with E-state index in [1.165, 1.54) is 0 Å². The molecule has 1 aromatic rings. The smallest absolute Gasteiger partial charge is 0.0804 e. The molecular weight excluding hydrogens is 242 g/mol. The van der Waals surface area contributed by atoms with E-state index < -0.39 is 6.10 Å². The second kappa shape index (κ2) is 9.04. The van der Waals surface area contributed by atoms with Gasteiger partial charge in [0.25, 0.3) is 0 Å².